The molecular formula is C16H23N3O3. The summed E-state index contributed by atoms with van der Waals surface area (Å²) in [6.07, 6.45) is 5.64. The monoisotopic (exact) mass is 305 g/mol. The fourth-order valence-corrected chi connectivity index (χ4v) is 3.71. The Hall–Kier alpha value is -1.82. The predicted octanol–water partition coefficient (Wildman–Crippen LogP) is 1.34. The molecule has 2 aliphatic heterocycles. The molecule has 6 nitrogen and oxygen atoms in total. The zero-order chi connectivity index (χ0) is 15.6. The van der Waals surface area contributed by atoms with Crippen LogP contribution in [0.3, 0.4) is 0 Å². The summed E-state index contributed by atoms with van der Waals surface area (Å²) in [5, 5.41) is 3.02. The molecule has 6 heteroatoms. The highest BCUT2D eigenvalue weighted by Gasteiger charge is 2.48. The molecule has 3 heterocycles. The molecule has 0 radical (unpaired) electrons. The number of piperidine rings is 1. The van der Waals surface area contributed by atoms with Gasteiger partial charge in [-0.2, -0.15) is 0 Å². The van der Waals surface area contributed by atoms with E-state index < -0.39 is 0 Å². The molecule has 1 amide bonds. The van der Waals surface area contributed by atoms with Gasteiger partial charge < -0.3 is 14.8 Å². The number of ether oxygens (including phenoxy) is 2. The topological polar surface area (TPSA) is 63.7 Å². The number of pyridine rings is 1. The Kier molecular flexibility index (Phi) is 4.20. The number of methoxy groups -OCH3 is 2. The highest BCUT2D eigenvalue weighted by Crippen LogP contribution is 2.38. The van der Waals surface area contributed by atoms with Crippen molar-refractivity contribution in [3.63, 3.8) is 0 Å². The lowest BCUT2D eigenvalue weighted by Gasteiger charge is -2.40. The van der Waals surface area contributed by atoms with Gasteiger partial charge in [0.2, 0.25) is 5.91 Å². The fourth-order valence-electron chi connectivity index (χ4n) is 3.71. The number of aromatic nitrogens is 1. The number of carbonyl (C=O) groups excluding carboxylic acids is 1. The Morgan fingerprint density at radius 3 is 2.86 bits per heavy atom. The van der Waals surface area contributed by atoms with E-state index in [0.717, 1.165) is 44.5 Å². The summed E-state index contributed by atoms with van der Waals surface area (Å²) >= 11 is 0. The number of nitrogens with one attached hydrogen (secondary N) is 1. The molecule has 3 rings (SSSR count). The summed E-state index contributed by atoms with van der Waals surface area (Å²) in [5.41, 5.74) is 0.454. The maximum absolute atomic E-state index is 12.5. The van der Waals surface area contributed by atoms with Crippen LogP contribution in [-0.4, -0.2) is 48.6 Å². The van der Waals surface area contributed by atoms with E-state index in [0.29, 0.717) is 18.0 Å². The third kappa shape index (κ3) is 2.41. The lowest BCUT2D eigenvalue weighted by Crippen LogP contribution is -2.58. The van der Waals surface area contributed by atoms with Crippen molar-refractivity contribution >= 4 is 5.91 Å². The summed E-state index contributed by atoms with van der Waals surface area (Å²) in [5.74, 6) is 1.50. The standard InChI is InChI=1S/C16H23N3O3/c1-21-13-5-9-17-12(14(13)22-2)11-19-10-4-7-16(19)6-3-8-18-15(16)20/h5,9H,3-4,6-8,10-11H2,1-2H3,(H,18,20). The largest absolute Gasteiger partial charge is 0.493 e. The van der Waals surface area contributed by atoms with E-state index in [1.54, 1.807) is 26.5 Å². The number of carbonyl (C=O) groups is 1. The lowest BCUT2D eigenvalue weighted by atomic mass is 9.86. The first-order chi connectivity index (χ1) is 10.7. The van der Waals surface area contributed by atoms with Gasteiger partial charge in [-0.15, -0.1) is 0 Å². The molecule has 1 atom stereocenters. The van der Waals surface area contributed by atoms with Gasteiger partial charge >= 0.3 is 0 Å². The van der Waals surface area contributed by atoms with Crippen LogP contribution in [-0.2, 0) is 11.3 Å². The van der Waals surface area contributed by atoms with Crippen LogP contribution in [0.25, 0.3) is 0 Å². The zero-order valence-corrected chi connectivity index (χ0v) is 13.2. The molecule has 2 fully saturated rings. The van der Waals surface area contributed by atoms with Gasteiger partial charge in [0.1, 0.15) is 11.2 Å². The lowest BCUT2D eigenvalue weighted by molar-refractivity contribution is -0.134. The Bertz CT molecular complexity index is 564. The molecule has 22 heavy (non-hydrogen) atoms. The second-order valence-corrected chi connectivity index (χ2v) is 5.91. The molecule has 0 bridgehead atoms. The maximum atomic E-state index is 12.5. The highest BCUT2D eigenvalue weighted by molar-refractivity contribution is 5.87. The van der Waals surface area contributed by atoms with Crippen molar-refractivity contribution in [3.8, 4) is 11.5 Å². The average Bonchev–Trinajstić information content (AvgIpc) is 2.93. The number of rotatable bonds is 4. The van der Waals surface area contributed by atoms with E-state index >= 15 is 0 Å². The number of likely N-dealkylation sites (tertiary alicyclic amines) is 1. The van der Waals surface area contributed by atoms with E-state index in [1.807, 2.05) is 0 Å². The summed E-state index contributed by atoms with van der Waals surface area (Å²) in [6.45, 7) is 2.30. The Morgan fingerprint density at radius 2 is 2.14 bits per heavy atom. The van der Waals surface area contributed by atoms with Gasteiger partial charge in [0.25, 0.3) is 0 Å². The third-order valence-electron chi connectivity index (χ3n) is 4.81. The van der Waals surface area contributed by atoms with Crippen LogP contribution in [0.4, 0.5) is 0 Å². The van der Waals surface area contributed by atoms with Crippen LogP contribution in [0.2, 0.25) is 0 Å². The van der Waals surface area contributed by atoms with Crippen molar-refractivity contribution in [2.75, 3.05) is 27.3 Å². The maximum Gasteiger partial charge on any atom is 0.240 e. The Labute approximate surface area is 130 Å². The van der Waals surface area contributed by atoms with Gasteiger partial charge in [-0.3, -0.25) is 14.7 Å². The molecule has 1 aromatic heterocycles. The Balaban J connectivity index is 1.88. The third-order valence-corrected chi connectivity index (χ3v) is 4.81. The summed E-state index contributed by atoms with van der Waals surface area (Å²) in [4.78, 5) is 19.2. The summed E-state index contributed by atoms with van der Waals surface area (Å²) in [6, 6.07) is 1.79. The van der Waals surface area contributed by atoms with E-state index in [2.05, 4.69) is 15.2 Å². The zero-order valence-electron chi connectivity index (χ0n) is 13.2. The Morgan fingerprint density at radius 1 is 1.32 bits per heavy atom. The van der Waals surface area contributed by atoms with Crippen LogP contribution in [0.1, 0.15) is 31.4 Å². The van der Waals surface area contributed by atoms with Crippen LogP contribution in [0.5, 0.6) is 11.5 Å². The first-order valence-electron chi connectivity index (χ1n) is 7.80. The molecule has 1 spiro atoms. The minimum absolute atomic E-state index is 0.165. The van der Waals surface area contributed by atoms with E-state index in [9.17, 15) is 4.79 Å². The molecule has 0 saturated carbocycles. The van der Waals surface area contributed by atoms with Gasteiger partial charge in [0.15, 0.2) is 11.5 Å². The van der Waals surface area contributed by atoms with Gasteiger partial charge in [-0.05, 0) is 32.2 Å². The van der Waals surface area contributed by atoms with Crippen molar-refractivity contribution in [1.82, 2.24) is 15.2 Å². The van der Waals surface area contributed by atoms with Crippen LogP contribution >= 0.6 is 0 Å². The minimum Gasteiger partial charge on any atom is -0.493 e. The first-order valence-corrected chi connectivity index (χ1v) is 7.80. The smallest absolute Gasteiger partial charge is 0.240 e. The van der Waals surface area contributed by atoms with Gasteiger partial charge in [0, 0.05) is 25.4 Å². The van der Waals surface area contributed by atoms with E-state index in [4.69, 9.17) is 9.47 Å². The quantitative estimate of drug-likeness (QED) is 0.909. The summed E-state index contributed by atoms with van der Waals surface area (Å²) in [7, 11) is 3.24. The summed E-state index contributed by atoms with van der Waals surface area (Å²) < 4.78 is 10.8. The van der Waals surface area contributed by atoms with Crippen molar-refractivity contribution in [2.24, 2.45) is 0 Å². The minimum atomic E-state index is -0.367. The van der Waals surface area contributed by atoms with Crippen molar-refractivity contribution in [1.29, 1.82) is 0 Å². The van der Waals surface area contributed by atoms with Gasteiger partial charge in [-0.25, -0.2) is 0 Å². The molecule has 2 aliphatic rings. The van der Waals surface area contributed by atoms with Crippen molar-refractivity contribution in [3.05, 3.63) is 18.0 Å². The van der Waals surface area contributed by atoms with Crippen molar-refractivity contribution < 1.29 is 14.3 Å². The van der Waals surface area contributed by atoms with Crippen molar-refractivity contribution in [2.45, 2.75) is 37.8 Å². The number of nitrogens with zero attached hydrogens (tertiary/aromatic N) is 2. The molecule has 0 aromatic carbocycles. The van der Waals surface area contributed by atoms with Gasteiger partial charge in [-0.1, -0.05) is 0 Å². The van der Waals surface area contributed by atoms with Crippen LogP contribution in [0, 0.1) is 0 Å². The SMILES string of the molecule is COc1ccnc(CN2CCCC23CCCNC3=O)c1OC. The van der Waals surface area contributed by atoms with E-state index in [1.165, 1.54) is 0 Å². The second-order valence-electron chi connectivity index (χ2n) is 5.91. The molecule has 120 valence electrons. The highest BCUT2D eigenvalue weighted by atomic mass is 16.5. The second kappa shape index (κ2) is 6.12. The molecule has 1 unspecified atom stereocenters. The molecule has 2 saturated heterocycles. The van der Waals surface area contributed by atoms with Gasteiger partial charge in [0.05, 0.1) is 14.2 Å². The number of amides is 1. The number of hydrogen-bond donors (Lipinski definition) is 1. The average molecular weight is 305 g/mol. The predicted molar refractivity (Wildman–Crippen MR) is 82.0 cm³/mol. The normalized spacial score (nSPS) is 25.3. The first kappa shape index (κ1) is 15.1. The molecule has 1 aromatic rings. The fraction of sp³-hybridized carbons (Fsp3) is 0.625. The molecular weight excluding hydrogens is 282 g/mol. The van der Waals surface area contributed by atoms with Crippen LogP contribution < -0.4 is 14.8 Å². The molecule has 1 N–H and O–H groups in total. The van der Waals surface area contributed by atoms with Crippen LogP contribution in [0.15, 0.2) is 12.3 Å². The number of hydrogen-bond acceptors (Lipinski definition) is 5. The van der Waals surface area contributed by atoms with E-state index in [-0.39, 0.29) is 11.4 Å². The molecule has 0 aliphatic carbocycles.